The number of pyridine rings is 1. The molecular weight excluding hydrogens is 219 g/mol. The molecule has 0 fully saturated rings. The first-order chi connectivity index (χ1) is 8.19. The number of benzene rings is 1. The number of halogens is 1. The normalized spacial score (nSPS) is 10.3. The fourth-order valence-corrected chi connectivity index (χ4v) is 1.44. The topological polar surface area (TPSA) is 48.1 Å². The lowest BCUT2D eigenvalue weighted by molar-refractivity contribution is 0.457. The van der Waals surface area contributed by atoms with Crippen LogP contribution in [0.2, 0.25) is 0 Å². The number of rotatable bonds is 3. The summed E-state index contributed by atoms with van der Waals surface area (Å²) in [6.07, 6.45) is 1.65. The van der Waals surface area contributed by atoms with Gasteiger partial charge in [0.05, 0.1) is 0 Å². The predicted octanol–water partition coefficient (Wildman–Crippen LogP) is 2.78. The van der Waals surface area contributed by atoms with Crippen molar-refractivity contribution in [3.05, 3.63) is 53.5 Å². The molecule has 2 rings (SSSR count). The van der Waals surface area contributed by atoms with Gasteiger partial charge < -0.3 is 10.5 Å². The van der Waals surface area contributed by atoms with E-state index in [-0.39, 0.29) is 12.4 Å². The molecule has 0 atom stereocenters. The molecule has 0 unspecified atom stereocenters. The van der Waals surface area contributed by atoms with E-state index in [1.807, 2.05) is 13.0 Å². The molecule has 0 aliphatic carbocycles. The van der Waals surface area contributed by atoms with Crippen LogP contribution >= 0.6 is 0 Å². The maximum absolute atomic E-state index is 13.5. The Bertz CT molecular complexity index is 529. The Kier molecular flexibility index (Phi) is 3.35. The summed E-state index contributed by atoms with van der Waals surface area (Å²) in [6, 6.07) is 8.25. The highest BCUT2D eigenvalue weighted by molar-refractivity contribution is 5.32. The molecule has 0 amide bonds. The number of nitrogens with zero attached hydrogens (tertiary/aromatic N) is 1. The van der Waals surface area contributed by atoms with E-state index in [4.69, 9.17) is 10.5 Å². The van der Waals surface area contributed by atoms with E-state index in [0.717, 1.165) is 5.56 Å². The SMILES string of the molecule is Cc1ccnc(Oc2ccc(CN)c(F)c2)c1. The summed E-state index contributed by atoms with van der Waals surface area (Å²) in [6.45, 7) is 2.11. The van der Waals surface area contributed by atoms with E-state index in [2.05, 4.69) is 4.98 Å². The second-order valence-corrected chi connectivity index (χ2v) is 3.73. The number of nitrogens with two attached hydrogens (primary N) is 1. The first-order valence-corrected chi connectivity index (χ1v) is 5.28. The van der Waals surface area contributed by atoms with Gasteiger partial charge in [-0.2, -0.15) is 0 Å². The van der Waals surface area contributed by atoms with Crippen LogP contribution in [0, 0.1) is 12.7 Å². The number of aryl methyl sites for hydroxylation is 1. The highest BCUT2D eigenvalue weighted by Crippen LogP contribution is 2.22. The molecule has 0 radical (unpaired) electrons. The lowest BCUT2D eigenvalue weighted by Crippen LogP contribution is -1.99. The number of hydrogen-bond acceptors (Lipinski definition) is 3. The fraction of sp³-hybridized carbons (Fsp3) is 0.154. The van der Waals surface area contributed by atoms with Crippen molar-refractivity contribution in [1.82, 2.24) is 4.98 Å². The third-order valence-electron chi connectivity index (χ3n) is 2.36. The monoisotopic (exact) mass is 232 g/mol. The van der Waals surface area contributed by atoms with Gasteiger partial charge >= 0.3 is 0 Å². The minimum Gasteiger partial charge on any atom is -0.439 e. The van der Waals surface area contributed by atoms with Gasteiger partial charge in [-0.3, -0.25) is 0 Å². The predicted molar refractivity (Wildman–Crippen MR) is 63.3 cm³/mol. The summed E-state index contributed by atoms with van der Waals surface area (Å²) in [5, 5.41) is 0. The van der Waals surface area contributed by atoms with Gasteiger partial charge in [-0.05, 0) is 24.6 Å². The maximum atomic E-state index is 13.5. The van der Waals surface area contributed by atoms with E-state index < -0.39 is 0 Å². The largest absolute Gasteiger partial charge is 0.439 e. The van der Waals surface area contributed by atoms with Crippen molar-refractivity contribution in [2.45, 2.75) is 13.5 Å². The minimum absolute atomic E-state index is 0.175. The molecule has 1 heterocycles. The molecule has 0 bridgehead atoms. The highest BCUT2D eigenvalue weighted by atomic mass is 19.1. The van der Waals surface area contributed by atoms with Crippen LogP contribution in [0.25, 0.3) is 0 Å². The Balaban J connectivity index is 2.22. The Hall–Kier alpha value is -1.94. The van der Waals surface area contributed by atoms with Gasteiger partial charge in [0.1, 0.15) is 11.6 Å². The van der Waals surface area contributed by atoms with Crippen LogP contribution in [0.5, 0.6) is 11.6 Å². The molecule has 1 aromatic carbocycles. The molecule has 0 aliphatic rings. The van der Waals surface area contributed by atoms with Crippen molar-refractivity contribution >= 4 is 0 Å². The Morgan fingerprint density at radius 2 is 2.12 bits per heavy atom. The van der Waals surface area contributed by atoms with E-state index >= 15 is 0 Å². The first-order valence-electron chi connectivity index (χ1n) is 5.28. The van der Waals surface area contributed by atoms with Crippen LogP contribution in [-0.4, -0.2) is 4.98 Å². The molecule has 17 heavy (non-hydrogen) atoms. The molecule has 1 aromatic heterocycles. The van der Waals surface area contributed by atoms with Gasteiger partial charge in [-0.1, -0.05) is 6.07 Å². The van der Waals surface area contributed by atoms with Crippen LogP contribution in [0.4, 0.5) is 4.39 Å². The van der Waals surface area contributed by atoms with Crippen LogP contribution in [0.1, 0.15) is 11.1 Å². The summed E-state index contributed by atoms with van der Waals surface area (Å²) in [5.74, 6) is 0.500. The molecule has 0 saturated carbocycles. The van der Waals surface area contributed by atoms with E-state index in [1.54, 1.807) is 24.4 Å². The third-order valence-corrected chi connectivity index (χ3v) is 2.36. The summed E-state index contributed by atoms with van der Waals surface area (Å²) in [7, 11) is 0. The van der Waals surface area contributed by atoms with Crippen molar-refractivity contribution in [3.63, 3.8) is 0 Å². The lowest BCUT2D eigenvalue weighted by Gasteiger charge is -2.06. The van der Waals surface area contributed by atoms with Crippen LogP contribution < -0.4 is 10.5 Å². The smallest absolute Gasteiger partial charge is 0.219 e. The summed E-state index contributed by atoms with van der Waals surface area (Å²) in [4.78, 5) is 4.04. The summed E-state index contributed by atoms with van der Waals surface area (Å²) >= 11 is 0. The van der Waals surface area contributed by atoms with E-state index in [0.29, 0.717) is 17.2 Å². The minimum atomic E-state index is -0.363. The van der Waals surface area contributed by atoms with Gasteiger partial charge in [0.25, 0.3) is 0 Å². The second kappa shape index (κ2) is 4.93. The second-order valence-electron chi connectivity index (χ2n) is 3.73. The molecule has 0 aliphatic heterocycles. The van der Waals surface area contributed by atoms with Crippen molar-refractivity contribution in [2.75, 3.05) is 0 Å². The lowest BCUT2D eigenvalue weighted by atomic mass is 10.2. The fourth-order valence-electron chi connectivity index (χ4n) is 1.44. The Morgan fingerprint density at radius 3 is 2.76 bits per heavy atom. The van der Waals surface area contributed by atoms with Crippen molar-refractivity contribution in [2.24, 2.45) is 5.73 Å². The maximum Gasteiger partial charge on any atom is 0.219 e. The van der Waals surface area contributed by atoms with Crippen LogP contribution in [0.3, 0.4) is 0 Å². The van der Waals surface area contributed by atoms with Crippen LogP contribution in [0.15, 0.2) is 36.5 Å². The van der Waals surface area contributed by atoms with Crippen molar-refractivity contribution in [3.8, 4) is 11.6 Å². The number of hydrogen-bond donors (Lipinski definition) is 1. The summed E-state index contributed by atoms with van der Waals surface area (Å²) < 4.78 is 18.9. The van der Waals surface area contributed by atoms with Gasteiger partial charge in [-0.25, -0.2) is 9.37 Å². The number of aromatic nitrogens is 1. The van der Waals surface area contributed by atoms with Gasteiger partial charge in [0.15, 0.2) is 0 Å². The standard InChI is InChI=1S/C13H13FN2O/c1-9-4-5-16-13(6-9)17-11-3-2-10(8-15)12(14)7-11/h2-7H,8,15H2,1H3. The first kappa shape index (κ1) is 11.5. The van der Waals surface area contributed by atoms with Crippen molar-refractivity contribution in [1.29, 1.82) is 0 Å². The zero-order valence-electron chi connectivity index (χ0n) is 9.48. The molecule has 88 valence electrons. The molecule has 3 nitrogen and oxygen atoms in total. The zero-order chi connectivity index (χ0) is 12.3. The average Bonchev–Trinajstić information content (AvgIpc) is 2.29. The Labute approximate surface area is 99.1 Å². The zero-order valence-corrected chi connectivity index (χ0v) is 9.48. The highest BCUT2D eigenvalue weighted by Gasteiger charge is 2.04. The quantitative estimate of drug-likeness (QED) is 0.885. The van der Waals surface area contributed by atoms with E-state index in [9.17, 15) is 4.39 Å². The average molecular weight is 232 g/mol. The van der Waals surface area contributed by atoms with Gasteiger partial charge in [-0.15, -0.1) is 0 Å². The third kappa shape index (κ3) is 2.79. The van der Waals surface area contributed by atoms with Gasteiger partial charge in [0, 0.05) is 30.4 Å². The molecule has 0 saturated heterocycles. The van der Waals surface area contributed by atoms with Crippen LogP contribution in [-0.2, 0) is 6.54 Å². The van der Waals surface area contributed by atoms with E-state index in [1.165, 1.54) is 6.07 Å². The molecular formula is C13H13FN2O. The molecule has 2 N–H and O–H groups in total. The summed E-state index contributed by atoms with van der Waals surface area (Å²) in [5.41, 5.74) is 6.88. The number of ether oxygens (including phenoxy) is 1. The Morgan fingerprint density at radius 1 is 1.29 bits per heavy atom. The molecule has 2 aromatic rings. The van der Waals surface area contributed by atoms with Gasteiger partial charge in [0.2, 0.25) is 5.88 Å². The molecule has 4 heteroatoms. The molecule has 0 spiro atoms. The van der Waals surface area contributed by atoms with Crippen molar-refractivity contribution < 1.29 is 9.13 Å².